The SMILES string of the molecule is CC1CCN(C(=O)c2cc(C(=O)Nc3ccc(N4CCCC4)cc3)ccn2)CC1. The highest BCUT2D eigenvalue weighted by Crippen LogP contribution is 2.22. The number of hydrogen-bond donors (Lipinski definition) is 1. The molecule has 0 saturated carbocycles. The van der Waals surface area contributed by atoms with Crippen LogP contribution in [0.15, 0.2) is 42.6 Å². The lowest BCUT2D eigenvalue weighted by atomic mass is 9.99. The molecule has 0 unspecified atom stereocenters. The number of hydrogen-bond acceptors (Lipinski definition) is 4. The predicted octanol–water partition coefficient (Wildman–Crippen LogP) is 3.81. The predicted molar refractivity (Wildman–Crippen MR) is 114 cm³/mol. The molecule has 4 rings (SSSR count). The van der Waals surface area contributed by atoms with E-state index < -0.39 is 0 Å². The molecule has 2 aliphatic heterocycles. The lowest BCUT2D eigenvalue weighted by Gasteiger charge is -2.30. The minimum Gasteiger partial charge on any atom is -0.372 e. The summed E-state index contributed by atoms with van der Waals surface area (Å²) in [5, 5.41) is 2.92. The Balaban J connectivity index is 1.41. The molecule has 1 N–H and O–H groups in total. The van der Waals surface area contributed by atoms with E-state index in [9.17, 15) is 9.59 Å². The zero-order valence-electron chi connectivity index (χ0n) is 16.9. The first-order valence-corrected chi connectivity index (χ1v) is 10.5. The molecule has 3 heterocycles. The van der Waals surface area contributed by atoms with Crippen molar-refractivity contribution in [2.24, 2.45) is 5.92 Å². The lowest BCUT2D eigenvalue weighted by Crippen LogP contribution is -2.38. The van der Waals surface area contributed by atoms with Crippen LogP contribution in [0.4, 0.5) is 11.4 Å². The fourth-order valence-corrected chi connectivity index (χ4v) is 4.00. The smallest absolute Gasteiger partial charge is 0.272 e. The quantitative estimate of drug-likeness (QED) is 0.859. The average Bonchev–Trinajstić information content (AvgIpc) is 3.29. The van der Waals surface area contributed by atoms with E-state index >= 15 is 0 Å². The number of benzene rings is 1. The topological polar surface area (TPSA) is 65.5 Å². The first-order valence-electron chi connectivity index (χ1n) is 10.5. The Morgan fingerprint density at radius 2 is 1.69 bits per heavy atom. The Morgan fingerprint density at radius 1 is 1.00 bits per heavy atom. The highest BCUT2D eigenvalue weighted by atomic mass is 16.2. The van der Waals surface area contributed by atoms with Gasteiger partial charge in [0.05, 0.1) is 0 Å². The molecule has 29 heavy (non-hydrogen) atoms. The van der Waals surface area contributed by atoms with Crippen LogP contribution in [-0.2, 0) is 0 Å². The monoisotopic (exact) mass is 392 g/mol. The van der Waals surface area contributed by atoms with Gasteiger partial charge in [-0.2, -0.15) is 0 Å². The third-order valence-corrected chi connectivity index (χ3v) is 5.91. The van der Waals surface area contributed by atoms with Crippen LogP contribution in [0.25, 0.3) is 0 Å². The van der Waals surface area contributed by atoms with Gasteiger partial charge in [0.2, 0.25) is 0 Å². The molecule has 2 aromatic rings. The van der Waals surface area contributed by atoms with Gasteiger partial charge in [-0.3, -0.25) is 14.6 Å². The number of nitrogens with one attached hydrogen (secondary N) is 1. The van der Waals surface area contributed by atoms with Crippen LogP contribution >= 0.6 is 0 Å². The first kappa shape index (κ1) is 19.4. The maximum Gasteiger partial charge on any atom is 0.272 e. The van der Waals surface area contributed by atoms with Crippen LogP contribution in [-0.4, -0.2) is 47.9 Å². The van der Waals surface area contributed by atoms with Gasteiger partial charge >= 0.3 is 0 Å². The van der Waals surface area contributed by atoms with Gasteiger partial charge < -0.3 is 15.1 Å². The number of anilines is 2. The molecular formula is C23H28N4O2. The number of nitrogens with zero attached hydrogens (tertiary/aromatic N) is 3. The highest BCUT2D eigenvalue weighted by molar-refractivity contribution is 6.05. The maximum absolute atomic E-state index is 12.7. The number of carbonyl (C=O) groups excluding carboxylic acids is 2. The number of piperidine rings is 1. The Kier molecular flexibility index (Phi) is 5.79. The molecule has 0 atom stereocenters. The molecule has 0 spiro atoms. The van der Waals surface area contributed by atoms with Crippen LogP contribution in [0.2, 0.25) is 0 Å². The van der Waals surface area contributed by atoms with Crippen molar-refractivity contribution in [3.8, 4) is 0 Å². The van der Waals surface area contributed by atoms with Crippen molar-refractivity contribution in [1.82, 2.24) is 9.88 Å². The minimum atomic E-state index is -0.234. The zero-order valence-corrected chi connectivity index (χ0v) is 16.9. The largest absolute Gasteiger partial charge is 0.372 e. The molecule has 1 aromatic carbocycles. The van der Waals surface area contributed by atoms with E-state index in [4.69, 9.17) is 0 Å². The highest BCUT2D eigenvalue weighted by Gasteiger charge is 2.23. The molecule has 0 radical (unpaired) electrons. The number of amides is 2. The minimum absolute atomic E-state index is 0.0958. The van der Waals surface area contributed by atoms with Crippen LogP contribution in [0.5, 0.6) is 0 Å². The molecule has 6 nitrogen and oxygen atoms in total. The summed E-state index contributed by atoms with van der Waals surface area (Å²) in [4.78, 5) is 33.8. The summed E-state index contributed by atoms with van der Waals surface area (Å²) in [6.07, 6.45) is 6.03. The molecule has 2 saturated heterocycles. The fourth-order valence-electron chi connectivity index (χ4n) is 4.00. The van der Waals surface area contributed by atoms with Gasteiger partial charge in [-0.15, -0.1) is 0 Å². The Labute approximate surface area is 171 Å². The summed E-state index contributed by atoms with van der Waals surface area (Å²) in [7, 11) is 0. The van der Waals surface area contributed by atoms with Crippen molar-refractivity contribution in [3.63, 3.8) is 0 Å². The number of rotatable bonds is 4. The Bertz CT molecular complexity index is 867. The van der Waals surface area contributed by atoms with Crippen molar-refractivity contribution in [3.05, 3.63) is 53.9 Å². The lowest BCUT2D eigenvalue weighted by molar-refractivity contribution is 0.0691. The number of pyridine rings is 1. The molecule has 1 aromatic heterocycles. The summed E-state index contributed by atoms with van der Waals surface area (Å²) >= 11 is 0. The second-order valence-corrected chi connectivity index (χ2v) is 8.10. The van der Waals surface area contributed by atoms with Gasteiger partial charge in [-0.05, 0) is 68.0 Å². The fraction of sp³-hybridized carbons (Fsp3) is 0.435. The van der Waals surface area contributed by atoms with Gasteiger partial charge in [0, 0.05) is 49.3 Å². The first-order chi connectivity index (χ1) is 14.1. The van der Waals surface area contributed by atoms with Gasteiger partial charge in [0.25, 0.3) is 11.8 Å². The maximum atomic E-state index is 12.7. The normalized spacial score (nSPS) is 17.4. The second kappa shape index (κ2) is 8.64. The molecular weight excluding hydrogens is 364 g/mol. The molecule has 0 bridgehead atoms. The van der Waals surface area contributed by atoms with Crippen LogP contribution in [0.3, 0.4) is 0 Å². The summed E-state index contributed by atoms with van der Waals surface area (Å²) in [5.41, 5.74) is 2.70. The average molecular weight is 393 g/mol. The second-order valence-electron chi connectivity index (χ2n) is 8.10. The van der Waals surface area contributed by atoms with Crippen molar-refractivity contribution < 1.29 is 9.59 Å². The van der Waals surface area contributed by atoms with E-state index in [1.807, 2.05) is 29.2 Å². The summed E-state index contributed by atoms with van der Waals surface area (Å²) in [6.45, 7) is 5.90. The van der Waals surface area contributed by atoms with Crippen molar-refractivity contribution in [2.45, 2.75) is 32.6 Å². The van der Waals surface area contributed by atoms with Gasteiger partial charge in [0.1, 0.15) is 5.69 Å². The van der Waals surface area contributed by atoms with Crippen molar-refractivity contribution in [1.29, 1.82) is 0 Å². The molecule has 0 aliphatic carbocycles. The summed E-state index contributed by atoms with van der Waals surface area (Å²) in [5.74, 6) is 0.324. The third kappa shape index (κ3) is 4.58. The number of aromatic nitrogens is 1. The Hall–Kier alpha value is -2.89. The van der Waals surface area contributed by atoms with Crippen LogP contribution in [0.1, 0.15) is 53.5 Å². The molecule has 2 amide bonds. The van der Waals surface area contributed by atoms with Gasteiger partial charge in [-0.1, -0.05) is 6.92 Å². The molecule has 2 fully saturated rings. The van der Waals surface area contributed by atoms with Gasteiger partial charge in [-0.25, -0.2) is 0 Å². The molecule has 2 aliphatic rings. The zero-order chi connectivity index (χ0) is 20.2. The summed E-state index contributed by atoms with van der Waals surface area (Å²) < 4.78 is 0. The van der Waals surface area contributed by atoms with E-state index in [1.165, 1.54) is 24.7 Å². The molecule has 6 heteroatoms. The number of carbonyl (C=O) groups is 2. The standard InChI is InChI=1S/C23H28N4O2/c1-17-9-14-27(15-10-17)23(29)21-16-18(8-11-24-21)22(28)25-19-4-6-20(7-5-19)26-12-2-3-13-26/h4-8,11,16-17H,2-3,9-10,12-15H2,1H3,(H,25,28). The molecule has 152 valence electrons. The Morgan fingerprint density at radius 3 is 2.38 bits per heavy atom. The number of likely N-dealkylation sites (tertiary alicyclic amines) is 1. The van der Waals surface area contributed by atoms with Gasteiger partial charge in [0.15, 0.2) is 0 Å². The van der Waals surface area contributed by atoms with E-state index in [0.717, 1.165) is 44.7 Å². The van der Waals surface area contributed by atoms with Crippen molar-refractivity contribution in [2.75, 3.05) is 36.4 Å². The van der Waals surface area contributed by atoms with E-state index in [0.29, 0.717) is 17.2 Å². The summed E-state index contributed by atoms with van der Waals surface area (Å²) in [6, 6.07) is 11.2. The van der Waals surface area contributed by atoms with E-state index in [2.05, 4.69) is 22.1 Å². The third-order valence-electron chi connectivity index (χ3n) is 5.91. The van der Waals surface area contributed by atoms with Crippen molar-refractivity contribution >= 4 is 23.2 Å². The van der Waals surface area contributed by atoms with Crippen LogP contribution < -0.4 is 10.2 Å². The van der Waals surface area contributed by atoms with E-state index in [-0.39, 0.29) is 11.8 Å². The van der Waals surface area contributed by atoms with Crippen LogP contribution in [0, 0.1) is 5.92 Å². The van der Waals surface area contributed by atoms with E-state index in [1.54, 1.807) is 12.1 Å².